The number of phenols is 1. The normalized spacial score (nSPS) is 18.1. The topological polar surface area (TPSA) is 58.3 Å². The quantitative estimate of drug-likeness (QED) is 0.707. The molecule has 0 spiro atoms. The predicted octanol–water partition coefficient (Wildman–Crippen LogP) is 3.99. The Morgan fingerprint density at radius 2 is 2.09 bits per heavy atom. The summed E-state index contributed by atoms with van der Waals surface area (Å²) in [5, 5.41) is 13.2. The van der Waals surface area contributed by atoms with Gasteiger partial charge in [0.15, 0.2) is 11.6 Å². The minimum atomic E-state index is -0.609. The molecule has 0 amide bonds. The van der Waals surface area contributed by atoms with E-state index in [1.807, 2.05) is 24.3 Å². The van der Waals surface area contributed by atoms with Gasteiger partial charge in [0.2, 0.25) is 0 Å². The van der Waals surface area contributed by atoms with Crippen molar-refractivity contribution in [1.82, 2.24) is 5.32 Å². The van der Waals surface area contributed by atoms with Gasteiger partial charge < -0.3 is 16.2 Å². The lowest BCUT2D eigenvalue weighted by atomic mass is 9.92. The molecule has 1 heterocycles. The van der Waals surface area contributed by atoms with E-state index in [0.717, 1.165) is 28.6 Å². The highest BCUT2D eigenvalue weighted by Crippen LogP contribution is 2.35. The minimum absolute atomic E-state index is 0.238. The number of halogens is 2. The van der Waals surface area contributed by atoms with Crippen LogP contribution in [0.2, 0.25) is 0 Å². The molecule has 22 heavy (non-hydrogen) atoms. The number of para-hydroxylation sites is 1. The number of phenolic OH excluding ortho intramolecular Hbond substituents is 1. The lowest BCUT2D eigenvalue weighted by Crippen LogP contribution is -2.25. The summed E-state index contributed by atoms with van der Waals surface area (Å²) in [6.07, 6.45) is 2.82. The number of nitrogens with two attached hydrogens (primary N) is 1. The molecular weight excluding hydrogens is 347 g/mol. The number of nitrogen functional groups attached to an aromatic ring is 1. The molecule has 2 aromatic carbocycles. The van der Waals surface area contributed by atoms with Gasteiger partial charge in [-0.3, -0.25) is 0 Å². The number of hydrogen-bond acceptors (Lipinski definition) is 3. The summed E-state index contributed by atoms with van der Waals surface area (Å²) in [6.45, 7) is 0.735. The molecule has 0 aromatic heterocycles. The van der Waals surface area contributed by atoms with E-state index in [0.29, 0.717) is 11.3 Å². The summed E-state index contributed by atoms with van der Waals surface area (Å²) in [5.74, 6) is -0.915. The molecule has 2 aromatic rings. The molecule has 0 saturated carbocycles. The first-order chi connectivity index (χ1) is 10.6. The molecule has 1 atom stereocenters. The van der Waals surface area contributed by atoms with Crippen molar-refractivity contribution in [2.24, 2.45) is 0 Å². The van der Waals surface area contributed by atoms with Crippen LogP contribution in [-0.4, -0.2) is 11.7 Å². The number of anilines is 1. The maximum Gasteiger partial charge on any atom is 0.165 e. The van der Waals surface area contributed by atoms with Gasteiger partial charge in [-0.1, -0.05) is 34.1 Å². The molecular formula is C17H16BrFN2O. The fraction of sp³-hybridized carbons (Fsp3) is 0.176. The van der Waals surface area contributed by atoms with E-state index in [9.17, 15) is 9.50 Å². The Morgan fingerprint density at radius 1 is 1.27 bits per heavy atom. The third kappa shape index (κ3) is 2.87. The van der Waals surface area contributed by atoms with E-state index in [4.69, 9.17) is 5.73 Å². The van der Waals surface area contributed by atoms with Crippen molar-refractivity contribution >= 4 is 27.2 Å². The van der Waals surface area contributed by atoms with Gasteiger partial charge in [0.25, 0.3) is 0 Å². The van der Waals surface area contributed by atoms with Crippen molar-refractivity contribution in [3.8, 4) is 5.75 Å². The van der Waals surface area contributed by atoms with Crippen LogP contribution in [0.25, 0.3) is 5.57 Å². The number of hydrogen-bond donors (Lipinski definition) is 3. The van der Waals surface area contributed by atoms with Crippen LogP contribution in [0.3, 0.4) is 0 Å². The molecule has 1 aliphatic rings. The van der Waals surface area contributed by atoms with E-state index in [1.165, 1.54) is 6.07 Å². The molecule has 0 fully saturated rings. The van der Waals surface area contributed by atoms with Gasteiger partial charge in [-0.05, 0) is 36.3 Å². The number of rotatable bonds is 2. The Kier molecular flexibility index (Phi) is 4.18. The molecule has 1 aliphatic heterocycles. The maximum absolute atomic E-state index is 13.5. The molecule has 0 aliphatic carbocycles. The standard InChI is InChI=1S/C17H16BrFN2O/c18-11-4-5-15(20)13(9-11)10-6-7-21-16(8-10)12-2-1-3-14(19)17(12)22/h1-5,8-9,16,21-22H,6-7,20H2. The fourth-order valence-corrected chi connectivity index (χ4v) is 3.08. The largest absolute Gasteiger partial charge is 0.505 e. The summed E-state index contributed by atoms with van der Waals surface area (Å²) < 4.78 is 14.5. The molecule has 114 valence electrons. The zero-order valence-corrected chi connectivity index (χ0v) is 13.4. The second-order valence-electron chi connectivity index (χ2n) is 5.28. The van der Waals surface area contributed by atoms with Crippen LogP contribution < -0.4 is 11.1 Å². The number of benzene rings is 2. The Morgan fingerprint density at radius 3 is 2.91 bits per heavy atom. The molecule has 3 rings (SSSR count). The van der Waals surface area contributed by atoms with E-state index in [-0.39, 0.29) is 11.8 Å². The van der Waals surface area contributed by atoms with Gasteiger partial charge >= 0.3 is 0 Å². The fourth-order valence-electron chi connectivity index (χ4n) is 2.72. The van der Waals surface area contributed by atoms with E-state index in [1.54, 1.807) is 12.1 Å². The van der Waals surface area contributed by atoms with Crippen molar-refractivity contribution in [3.63, 3.8) is 0 Å². The van der Waals surface area contributed by atoms with Gasteiger partial charge in [-0.25, -0.2) is 4.39 Å². The van der Waals surface area contributed by atoms with Crippen molar-refractivity contribution < 1.29 is 9.50 Å². The maximum atomic E-state index is 13.5. The van der Waals surface area contributed by atoms with Crippen LogP contribution in [0.4, 0.5) is 10.1 Å². The monoisotopic (exact) mass is 362 g/mol. The highest BCUT2D eigenvalue weighted by Gasteiger charge is 2.20. The van der Waals surface area contributed by atoms with Crippen LogP contribution >= 0.6 is 15.9 Å². The highest BCUT2D eigenvalue weighted by atomic mass is 79.9. The third-order valence-corrected chi connectivity index (χ3v) is 4.33. The Labute approximate surface area is 136 Å². The van der Waals surface area contributed by atoms with E-state index in [2.05, 4.69) is 21.2 Å². The summed E-state index contributed by atoms with van der Waals surface area (Å²) in [6, 6.07) is 10.1. The molecule has 0 saturated heterocycles. The number of nitrogens with one attached hydrogen (secondary N) is 1. The van der Waals surface area contributed by atoms with Crippen molar-refractivity contribution in [3.05, 3.63) is 63.9 Å². The highest BCUT2D eigenvalue weighted by molar-refractivity contribution is 9.10. The smallest absolute Gasteiger partial charge is 0.165 e. The SMILES string of the molecule is Nc1ccc(Br)cc1C1=CC(c2cccc(F)c2O)NCC1. The molecule has 4 N–H and O–H groups in total. The molecule has 5 heteroatoms. The number of aromatic hydroxyl groups is 1. The summed E-state index contributed by atoms with van der Waals surface area (Å²) in [4.78, 5) is 0. The summed E-state index contributed by atoms with van der Waals surface area (Å²) in [5.41, 5.74) is 9.37. The van der Waals surface area contributed by atoms with Crippen LogP contribution in [0.15, 0.2) is 46.9 Å². The van der Waals surface area contributed by atoms with Gasteiger partial charge in [-0.15, -0.1) is 0 Å². The zero-order valence-electron chi connectivity index (χ0n) is 11.8. The Hall–Kier alpha value is -1.85. The van der Waals surface area contributed by atoms with Crippen LogP contribution in [0, 0.1) is 5.82 Å². The zero-order chi connectivity index (χ0) is 15.7. The second-order valence-corrected chi connectivity index (χ2v) is 6.20. The average molecular weight is 363 g/mol. The predicted molar refractivity (Wildman–Crippen MR) is 90.0 cm³/mol. The first-order valence-electron chi connectivity index (χ1n) is 7.03. The molecule has 3 nitrogen and oxygen atoms in total. The third-order valence-electron chi connectivity index (χ3n) is 3.84. The van der Waals surface area contributed by atoms with Gasteiger partial charge in [-0.2, -0.15) is 0 Å². The van der Waals surface area contributed by atoms with Crippen LogP contribution in [-0.2, 0) is 0 Å². The Balaban J connectivity index is 2.02. The lowest BCUT2D eigenvalue weighted by molar-refractivity contribution is 0.418. The minimum Gasteiger partial charge on any atom is -0.505 e. The van der Waals surface area contributed by atoms with Crippen LogP contribution in [0.5, 0.6) is 5.75 Å². The summed E-state index contributed by atoms with van der Waals surface area (Å²) >= 11 is 3.46. The lowest BCUT2D eigenvalue weighted by Gasteiger charge is -2.25. The van der Waals surface area contributed by atoms with Gasteiger partial charge in [0.1, 0.15) is 0 Å². The Bertz CT molecular complexity index is 745. The first-order valence-corrected chi connectivity index (χ1v) is 7.82. The van der Waals surface area contributed by atoms with Crippen molar-refractivity contribution in [2.45, 2.75) is 12.5 Å². The van der Waals surface area contributed by atoms with Crippen LogP contribution in [0.1, 0.15) is 23.6 Å². The van der Waals surface area contributed by atoms with E-state index >= 15 is 0 Å². The van der Waals surface area contributed by atoms with Crippen molar-refractivity contribution in [2.75, 3.05) is 12.3 Å². The average Bonchev–Trinajstić information content (AvgIpc) is 2.52. The van der Waals surface area contributed by atoms with Gasteiger partial charge in [0.05, 0.1) is 6.04 Å². The van der Waals surface area contributed by atoms with Gasteiger partial charge in [0, 0.05) is 27.8 Å². The van der Waals surface area contributed by atoms with E-state index < -0.39 is 5.82 Å². The molecule has 0 bridgehead atoms. The molecule has 0 radical (unpaired) electrons. The molecule has 1 unspecified atom stereocenters. The second kappa shape index (κ2) is 6.10. The first kappa shape index (κ1) is 15.1. The summed E-state index contributed by atoms with van der Waals surface area (Å²) in [7, 11) is 0. The van der Waals surface area contributed by atoms with Crippen molar-refractivity contribution in [1.29, 1.82) is 0 Å².